The Bertz CT molecular complexity index is 1510. The van der Waals surface area contributed by atoms with E-state index in [1.165, 1.54) is 12.1 Å². The molecular formula is C25H19FN6O3. The minimum atomic E-state index is -0.490. The Hall–Kier alpha value is -4.86. The molecule has 9 nitrogen and oxygen atoms in total. The SMILES string of the molecule is Cc1noc2nc(-c3ccc(F)cc3)cc(C(=O)NCC(=O)Nc3ccc(-n4cccn4)cc3)c12. The van der Waals surface area contributed by atoms with Crippen LogP contribution in [0.25, 0.3) is 28.0 Å². The number of fused-ring (bicyclic) bond motifs is 1. The molecule has 2 N–H and O–H groups in total. The summed E-state index contributed by atoms with van der Waals surface area (Å²) in [6.45, 7) is 1.45. The van der Waals surface area contributed by atoms with Gasteiger partial charge in [-0.05, 0) is 67.6 Å². The summed E-state index contributed by atoms with van der Waals surface area (Å²) >= 11 is 0. The van der Waals surface area contributed by atoms with Gasteiger partial charge in [0.05, 0.1) is 34.6 Å². The first kappa shape index (κ1) is 22.0. The number of hydrogen-bond acceptors (Lipinski definition) is 6. The second-order valence-corrected chi connectivity index (χ2v) is 7.74. The van der Waals surface area contributed by atoms with Crippen molar-refractivity contribution >= 4 is 28.6 Å². The third-order valence-corrected chi connectivity index (χ3v) is 5.33. The molecule has 0 saturated carbocycles. The number of nitrogens with one attached hydrogen (secondary N) is 2. The number of aryl methyl sites for hydroxylation is 1. The van der Waals surface area contributed by atoms with E-state index in [0.717, 1.165) is 5.69 Å². The maximum absolute atomic E-state index is 13.3. The Morgan fingerprint density at radius 3 is 2.57 bits per heavy atom. The fourth-order valence-electron chi connectivity index (χ4n) is 3.62. The van der Waals surface area contributed by atoms with Gasteiger partial charge in [-0.2, -0.15) is 5.10 Å². The number of carbonyl (C=O) groups excluding carboxylic acids is 2. The number of rotatable bonds is 6. The highest BCUT2D eigenvalue weighted by Gasteiger charge is 2.20. The van der Waals surface area contributed by atoms with Crippen LogP contribution in [0.15, 0.2) is 77.6 Å². The summed E-state index contributed by atoms with van der Waals surface area (Å²) in [7, 11) is 0. The zero-order chi connectivity index (χ0) is 24.4. The van der Waals surface area contributed by atoms with Crippen LogP contribution in [0.3, 0.4) is 0 Å². The molecule has 0 saturated heterocycles. The highest BCUT2D eigenvalue weighted by molar-refractivity contribution is 6.08. The van der Waals surface area contributed by atoms with E-state index in [9.17, 15) is 14.0 Å². The van der Waals surface area contributed by atoms with E-state index in [4.69, 9.17) is 4.52 Å². The van der Waals surface area contributed by atoms with Gasteiger partial charge in [0.2, 0.25) is 5.91 Å². The van der Waals surface area contributed by atoms with Crippen molar-refractivity contribution in [3.05, 3.63) is 90.1 Å². The van der Waals surface area contributed by atoms with Crippen molar-refractivity contribution in [1.29, 1.82) is 0 Å². The lowest BCUT2D eigenvalue weighted by Crippen LogP contribution is -2.33. The molecule has 0 aliphatic heterocycles. The van der Waals surface area contributed by atoms with Gasteiger partial charge in [0.25, 0.3) is 11.6 Å². The van der Waals surface area contributed by atoms with Crippen molar-refractivity contribution in [1.82, 2.24) is 25.2 Å². The molecule has 10 heteroatoms. The Balaban J connectivity index is 1.30. The van der Waals surface area contributed by atoms with Crippen molar-refractivity contribution in [2.75, 3.05) is 11.9 Å². The molecule has 3 aromatic heterocycles. The molecule has 0 spiro atoms. The van der Waals surface area contributed by atoms with Crippen LogP contribution in [0, 0.1) is 12.7 Å². The third-order valence-electron chi connectivity index (χ3n) is 5.33. The van der Waals surface area contributed by atoms with Crippen molar-refractivity contribution < 1.29 is 18.5 Å². The minimum absolute atomic E-state index is 0.177. The van der Waals surface area contributed by atoms with Gasteiger partial charge < -0.3 is 15.2 Å². The number of halogens is 1. The molecule has 0 unspecified atom stereocenters. The normalized spacial score (nSPS) is 10.9. The minimum Gasteiger partial charge on any atom is -0.343 e. The van der Waals surface area contributed by atoms with E-state index in [2.05, 4.69) is 25.9 Å². The largest absolute Gasteiger partial charge is 0.343 e. The highest BCUT2D eigenvalue weighted by Crippen LogP contribution is 2.27. The topological polar surface area (TPSA) is 115 Å². The number of pyridine rings is 1. The lowest BCUT2D eigenvalue weighted by atomic mass is 10.1. The molecule has 0 bridgehead atoms. The number of nitrogens with zero attached hydrogens (tertiary/aromatic N) is 4. The Morgan fingerprint density at radius 2 is 1.86 bits per heavy atom. The highest BCUT2D eigenvalue weighted by atomic mass is 19.1. The van der Waals surface area contributed by atoms with Crippen LogP contribution in [-0.2, 0) is 4.79 Å². The first-order chi connectivity index (χ1) is 17.0. The summed E-state index contributed by atoms with van der Waals surface area (Å²) in [5.74, 6) is -1.27. The summed E-state index contributed by atoms with van der Waals surface area (Å²) in [4.78, 5) is 29.9. The number of benzene rings is 2. The molecule has 174 valence electrons. The first-order valence-electron chi connectivity index (χ1n) is 10.7. The van der Waals surface area contributed by atoms with Gasteiger partial charge in [0.15, 0.2) is 0 Å². The van der Waals surface area contributed by atoms with Crippen LogP contribution in [0.4, 0.5) is 10.1 Å². The first-order valence-corrected chi connectivity index (χ1v) is 10.7. The van der Waals surface area contributed by atoms with Crippen molar-refractivity contribution in [3.63, 3.8) is 0 Å². The lowest BCUT2D eigenvalue weighted by Gasteiger charge is -2.10. The predicted molar refractivity (Wildman–Crippen MR) is 126 cm³/mol. The summed E-state index contributed by atoms with van der Waals surface area (Å²) in [6, 6.07) is 16.2. The van der Waals surface area contributed by atoms with Gasteiger partial charge in [-0.1, -0.05) is 5.16 Å². The second kappa shape index (κ2) is 9.18. The molecule has 0 atom stereocenters. The average Bonchev–Trinajstić information content (AvgIpc) is 3.53. The van der Waals surface area contributed by atoms with Crippen LogP contribution < -0.4 is 10.6 Å². The third kappa shape index (κ3) is 4.62. The molecule has 0 fully saturated rings. The zero-order valence-electron chi connectivity index (χ0n) is 18.5. The molecule has 35 heavy (non-hydrogen) atoms. The summed E-state index contributed by atoms with van der Waals surface area (Å²) < 4.78 is 20.3. The average molecular weight is 470 g/mol. The lowest BCUT2D eigenvalue weighted by molar-refractivity contribution is -0.115. The molecule has 3 heterocycles. The van der Waals surface area contributed by atoms with Crippen LogP contribution in [0.1, 0.15) is 16.1 Å². The predicted octanol–water partition coefficient (Wildman–Crippen LogP) is 3.89. The van der Waals surface area contributed by atoms with Gasteiger partial charge in [-0.25, -0.2) is 14.1 Å². The number of anilines is 1. The van der Waals surface area contributed by atoms with Gasteiger partial charge in [0, 0.05) is 23.6 Å². The van der Waals surface area contributed by atoms with E-state index in [1.807, 2.05) is 24.4 Å². The van der Waals surface area contributed by atoms with Gasteiger partial charge in [-0.3, -0.25) is 9.59 Å². The smallest absolute Gasteiger partial charge is 0.259 e. The van der Waals surface area contributed by atoms with Crippen molar-refractivity contribution in [2.24, 2.45) is 0 Å². The number of carbonyl (C=O) groups is 2. The second-order valence-electron chi connectivity index (χ2n) is 7.74. The molecule has 5 aromatic rings. The summed E-state index contributed by atoms with van der Waals surface area (Å²) in [5.41, 5.74) is 3.38. The van der Waals surface area contributed by atoms with E-state index >= 15 is 0 Å². The quantitative estimate of drug-likeness (QED) is 0.389. The molecular weight excluding hydrogens is 451 g/mol. The Labute approximate surface area is 198 Å². The summed E-state index contributed by atoms with van der Waals surface area (Å²) in [6.07, 6.45) is 3.50. The number of aromatic nitrogens is 4. The standard InChI is InChI=1S/C25H19FN6O3/c1-15-23-20(13-21(30-25(23)35-31-15)16-3-5-17(26)6-4-16)24(34)27-14-22(33)29-18-7-9-19(10-8-18)32-12-2-11-28-32/h2-13H,14H2,1H3,(H,27,34)(H,29,33). The molecule has 0 radical (unpaired) electrons. The van der Waals surface area contributed by atoms with Crippen LogP contribution in [0.2, 0.25) is 0 Å². The van der Waals surface area contributed by atoms with E-state index < -0.39 is 11.8 Å². The Kier molecular flexibility index (Phi) is 5.76. The van der Waals surface area contributed by atoms with Crippen molar-refractivity contribution in [2.45, 2.75) is 6.92 Å². The molecule has 2 amide bonds. The van der Waals surface area contributed by atoms with E-state index in [1.54, 1.807) is 48.1 Å². The van der Waals surface area contributed by atoms with Gasteiger partial charge >= 0.3 is 0 Å². The maximum Gasteiger partial charge on any atom is 0.259 e. The van der Waals surface area contributed by atoms with Gasteiger partial charge in [-0.15, -0.1) is 0 Å². The fourth-order valence-corrected chi connectivity index (χ4v) is 3.62. The van der Waals surface area contributed by atoms with Crippen LogP contribution in [-0.4, -0.2) is 38.3 Å². The summed E-state index contributed by atoms with van der Waals surface area (Å²) in [5, 5.41) is 13.9. The van der Waals surface area contributed by atoms with E-state index in [-0.39, 0.29) is 23.6 Å². The monoisotopic (exact) mass is 470 g/mol. The number of amides is 2. The van der Waals surface area contributed by atoms with Gasteiger partial charge in [0.1, 0.15) is 5.82 Å². The number of hydrogen-bond donors (Lipinski definition) is 2. The Morgan fingerprint density at radius 1 is 1.09 bits per heavy atom. The molecule has 5 rings (SSSR count). The molecule has 0 aliphatic carbocycles. The molecule has 2 aromatic carbocycles. The maximum atomic E-state index is 13.3. The van der Waals surface area contributed by atoms with Crippen LogP contribution >= 0.6 is 0 Å². The fraction of sp³-hybridized carbons (Fsp3) is 0.0800. The van der Waals surface area contributed by atoms with E-state index in [0.29, 0.717) is 28.0 Å². The zero-order valence-corrected chi connectivity index (χ0v) is 18.5. The van der Waals surface area contributed by atoms with Crippen molar-refractivity contribution in [3.8, 4) is 16.9 Å². The van der Waals surface area contributed by atoms with Crippen LogP contribution in [0.5, 0.6) is 0 Å². The molecule has 0 aliphatic rings.